The van der Waals surface area contributed by atoms with Crippen molar-refractivity contribution in [3.63, 3.8) is 0 Å². The standard InChI is InChI=1S/C19H23FN4O.HI/c1-14(25)24-18-5-3-4-16(12-18)13-23-19(21-2)22-11-10-15-6-8-17(20)9-7-15;/h3-9,12H,10-11,13H2,1-2H3,(H,24,25)(H2,21,22,23);1H. The predicted molar refractivity (Wildman–Crippen MR) is 114 cm³/mol. The van der Waals surface area contributed by atoms with Gasteiger partial charge in [0.05, 0.1) is 0 Å². The van der Waals surface area contributed by atoms with E-state index in [-0.39, 0.29) is 35.7 Å². The van der Waals surface area contributed by atoms with Gasteiger partial charge in [0.15, 0.2) is 5.96 Å². The Labute approximate surface area is 170 Å². The van der Waals surface area contributed by atoms with Crippen LogP contribution in [-0.2, 0) is 17.8 Å². The summed E-state index contributed by atoms with van der Waals surface area (Å²) in [7, 11) is 1.71. The number of benzene rings is 2. The minimum Gasteiger partial charge on any atom is -0.356 e. The van der Waals surface area contributed by atoms with Crippen LogP contribution >= 0.6 is 24.0 Å². The first-order valence-electron chi connectivity index (χ1n) is 8.12. The molecule has 0 atom stereocenters. The molecule has 0 aromatic heterocycles. The van der Waals surface area contributed by atoms with Crippen molar-refractivity contribution < 1.29 is 9.18 Å². The summed E-state index contributed by atoms with van der Waals surface area (Å²) in [4.78, 5) is 15.3. The molecule has 7 heteroatoms. The Bertz CT molecular complexity index is 735. The number of rotatable bonds is 6. The first kappa shape index (κ1) is 21.9. The Morgan fingerprint density at radius 2 is 1.81 bits per heavy atom. The molecule has 5 nitrogen and oxygen atoms in total. The van der Waals surface area contributed by atoms with E-state index in [2.05, 4.69) is 20.9 Å². The minimum atomic E-state index is -0.226. The molecule has 3 N–H and O–H groups in total. The first-order valence-corrected chi connectivity index (χ1v) is 8.12. The van der Waals surface area contributed by atoms with E-state index in [0.717, 1.165) is 23.2 Å². The third-order valence-electron chi connectivity index (χ3n) is 3.55. The number of carbonyl (C=O) groups excluding carboxylic acids is 1. The molecule has 0 saturated carbocycles. The van der Waals surface area contributed by atoms with Gasteiger partial charge in [-0.2, -0.15) is 0 Å². The smallest absolute Gasteiger partial charge is 0.221 e. The van der Waals surface area contributed by atoms with Crippen LogP contribution < -0.4 is 16.0 Å². The van der Waals surface area contributed by atoms with Gasteiger partial charge in [-0.1, -0.05) is 24.3 Å². The lowest BCUT2D eigenvalue weighted by atomic mass is 10.1. The van der Waals surface area contributed by atoms with Crippen LogP contribution in [0.5, 0.6) is 0 Å². The van der Waals surface area contributed by atoms with Crippen LogP contribution in [0.15, 0.2) is 53.5 Å². The Morgan fingerprint density at radius 3 is 2.46 bits per heavy atom. The van der Waals surface area contributed by atoms with Crippen molar-refractivity contribution in [3.8, 4) is 0 Å². The number of hydrogen-bond donors (Lipinski definition) is 3. The Hall–Kier alpha value is -2.16. The lowest BCUT2D eigenvalue weighted by molar-refractivity contribution is -0.114. The van der Waals surface area contributed by atoms with Crippen LogP contribution in [0.4, 0.5) is 10.1 Å². The number of halogens is 2. The van der Waals surface area contributed by atoms with E-state index in [9.17, 15) is 9.18 Å². The number of hydrogen-bond acceptors (Lipinski definition) is 2. The van der Waals surface area contributed by atoms with Crippen molar-refractivity contribution >= 4 is 41.5 Å². The maximum Gasteiger partial charge on any atom is 0.221 e. The van der Waals surface area contributed by atoms with Crippen molar-refractivity contribution in [1.82, 2.24) is 10.6 Å². The summed E-state index contributed by atoms with van der Waals surface area (Å²) in [6.45, 7) is 2.76. The number of guanidine groups is 1. The average molecular weight is 470 g/mol. The molecule has 0 bridgehead atoms. The maximum absolute atomic E-state index is 12.9. The highest BCUT2D eigenvalue weighted by Gasteiger charge is 2.01. The molecule has 0 saturated heterocycles. The van der Waals surface area contributed by atoms with E-state index in [1.54, 1.807) is 19.2 Å². The van der Waals surface area contributed by atoms with Gasteiger partial charge in [-0.3, -0.25) is 9.79 Å². The van der Waals surface area contributed by atoms with Crippen molar-refractivity contribution in [2.24, 2.45) is 4.99 Å². The zero-order valence-electron chi connectivity index (χ0n) is 14.9. The predicted octanol–water partition coefficient (Wildman–Crippen LogP) is 3.31. The number of carbonyl (C=O) groups is 1. The quantitative estimate of drug-likeness (QED) is 0.345. The van der Waals surface area contributed by atoms with Crippen LogP contribution in [0.1, 0.15) is 18.1 Å². The summed E-state index contributed by atoms with van der Waals surface area (Å²) in [6, 6.07) is 14.1. The number of nitrogens with zero attached hydrogens (tertiary/aromatic N) is 1. The van der Waals surface area contributed by atoms with Crippen molar-refractivity contribution in [2.75, 3.05) is 18.9 Å². The van der Waals surface area contributed by atoms with E-state index in [4.69, 9.17) is 0 Å². The molecule has 26 heavy (non-hydrogen) atoms. The average Bonchev–Trinajstić information content (AvgIpc) is 2.59. The van der Waals surface area contributed by atoms with E-state index in [1.807, 2.05) is 24.3 Å². The second-order valence-corrected chi connectivity index (χ2v) is 5.61. The zero-order valence-corrected chi connectivity index (χ0v) is 17.2. The zero-order chi connectivity index (χ0) is 18.1. The van der Waals surface area contributed by atoms with E-state index < -0.39 is 0 Å². The molecule has 2 aromatic rings. The molecule has 0 spiro atoms. The minimum absolute atomic E-state index is 0. The van der Waals surface area contributed by atoms with Crippen molar-refractivity contribution in [2.45, 2.75) is 19.9 Å². The lowest BCUT2D eigenvalue weighted by Crippen LogP contribution is -2.37. The third-order valence-corrected chi connectivity index (χ3v) is 3.55. The SMILES string of the molecule is CN=C(NCCc1ccc(F)cc1)NCc1cccc(NC(C)=O)c1.I. The maximum atomic E-state index is 12.9. The summed E-state index contributed by atoms with van der Waals surface area (Å²) in [6.07, 6.45) is 0.777. The second kappa shape index (κ2) is 11.5. The summed E-state index contributed by atoms with van der Waals surface area (Å²) >= 11 is 0. The number of amides is 1. The molecule has 1 amide bonds. The Morgan fingerprint density at radius 1 is 1.08 bits per heavy atom. The van der Waals surface area contributed by atoms with Gasteiger partial charge in [0.2, 0.25) is 5.91 Å². The number of nitrogens with one attached hydrogen (secondary N) is 3. The third kappa shape index (κ3) is 7.81. The van der Waals surface area contributed by atoms with Crippen LogP contribution in [0.2, 0.25) is 0 Å². The fraction of sp³-hybridized carbons (Fsp3) is 0.263. The Kier molecular flexibility index (Phi) is 9.64. The highest BCUT2D eigenvalue weighted by Crippen LogP contribution is 2.10. The molecule has 2 aromatic carbocycles. The molecular formula is C19H24FIN4O. The fourth-order valence-corrected chi connectivity index (χ4v) is 2.35. The van der Waals surface area contributed by atoms with Crippen LogP contribution in [0.3, 0.4) is 0 Å². The Balaban J connectivity index is 0.00000338. The van der Waals surface area contributed by atoms with Gasteiger partial charge in [-0.15, -0.1) is 24.0 Å². The van der Waals surface area contributed by atoms with Gasteiger partial charge < -0.3 is 16.0 Å². The number of anilines is 1. The summed E-state index contributed by atoms with van der Waals surface area (Å²) in [5, 5.41) is 9.22. The summed E-state index contributed by atoms with van der Waals surface area (Å²) in [5.41, 5.74) is 2.87. The molecule has 0 radical (unpaired) electrons. The monoisotopic (exact) mass is 470 g/mol. The van der Waals surface area contributed by atoms with Crippen LogP contribution in [-0.4, -0.2) is 25.5 Å². The molecule has 0 heterocycles. The molecule has 0 aliphatic rings. The van der Waals surface area contributed by atoms with Gasteiger partial charge in [0.1, 0.15) is 5.82 Å². The fourth-order valence-electron chi connectivity index (χ4n) is 2.35. The number of aliphatic imine (C=N–C) groups is 1. The van der Waals surface area contributed by atoms with Crippen LogP contribution in [0.25, 0.3) is 0 Å². The van der Waals surface area contributed by atoms with Gasteiger partial charge in [-0.25, -0.2) is 4.39 Å². The van der Waals surface area contributed by atoms with Crippen molar-refractivity contribution in [3.05, 3.63) is 65.5 Å². The highest BCUT2D eigenvalue weighted by atomic mass is 127. The van der Waals surface area contributed by atoms with Crippen molar-refractivity contribution in [1.29, 1.82) is 0 Å². The highest BCUT2D eigenvalue weighted by molar-refractivity contribution is 14.0. The topological polar surface area (TPSA) is 65.5 Å². The molecule has 2 rings (SSSR count). The first-order chi connectivity index (χ1) is 12.1. The molecule has 0 aliphatic heterocycles. The molecule has 0 unspecified atom stereocenters. The van der Waals surface area contributed by atoms with E-state index in [1.165, 1.54) is 19.1 Å². The summed E-state index contributed by atoms with van der Waals surface area (Å²) < 4.78 is 12.9. The molecular weight excluding hydrogens is 446 g/mol. The lowest BCUT2D eigenvalue weighted by Gasteiger charge is -2.12. The normalized spacial score (nSPS) is 10.7. The van der Waals surface area contributed by atoms with Gasteiger partial charge in [-0.05, 0) is 41.8 Å². The van der Waals surface area contributed by atoms with Gasteiger partial charge in [0, 0.05) is 32.7 Å². The van der Waals surface area contributed by atoms with Gasteiger partial charge in [0.25, 0.3) is 0 Å². The van der Waals surface area contributed by atoms with Gasteiger partial charge >= 0.3 is 0 Å². The van der Waals surface area contributed by atoms with E-state index in [0.29, 0.717) is 19.0 Å². The van der Waals surface area contributed by atoms with E-state index >= 15 is 0 Å². The summed E-state index contributed by atoms with van der Waals surface area (Å²) in [5.74, 6) is 0.367. The molecule has 0 fully saturated rings. The van der Waals surface area contributed by atoms with Crippen LogP contribution in [0, 0.1) is 5.82 Å². The largest absolute Gasteiger partial charge is 0.356 e. The molecule has 0 aliphatic carbocycles. The molecule has 140 valence electrons. The second-order valence-electron chi connectivity index (χ2n) is 5.61.